The first-order chi connectivity index (χ1) is 7.00. The van der Waals surface area contributed by atoms with Gasteiger partial charge in [-0.1, -0.05) is 11.8 Å². The first kappa shape index (κ1) is 11.8. The first-order valence-electron chi connectivity index (χ1n) is 4.35. The van der Waals surface area contributed by atoms with E-state index in [0.717, 1.165) is 16.7 Å². The number of allylic oxidation sites excluding steroid dienone is 2. The summed E-state index contributed by atoms with van der Waals surface area (Å²) in [5.74, 6) is -0.547. The molecule has 4 heteroatoms. The molecule has 0 aliphatic rings. The van der Waals surface area contributed by atoms with Crippen molar-refractivity contribution in [3.63, 3.8) is 0 Å². The first-order valence-corrected chi connectivity index (χ1v) is 5.16. The molecule has 0 aliphatic carbocycles. The Kier molecular flexibility index (Phi) is 3.91. The molecule has 15 heavy (non-hydrogen) atoms. The van der Waals surface area contributed by atoms with Crippen LogP contribution in [0.25, 0.3) is 0 Å². The summed E-state index contributed by atoms with van der Waals surface area (Å²) in [6.07, 6.45) is 0. The fraction of sp³-hybridized carbons (Fsp3) is 0.182. The third-order valence-electron chi connectivity index (χ3n) is 1.68. The molecule has 0 atom stereocenters. The number of carbonyl (C=O) groups excluding carboxylic acids is 1. The second-order valence-corrected chi connectivity index (χ2v) is 4.11. The van der Waals surface area contributed by atoms with Crippen LogP contribution in [-0.4, -0.2) is 10.9 Å². The second-order valence-electron chi connectivity index (χ2n) is 3.03. The number of aliphatic hydroxyl groups excluding tert-OH is 1. The van der Waals surface area contributed by atoms with Crippen LogP contribution in [-0.2, 0) is 4.79 Å². The second kappa shape index (κ2) is 4.98. The lowest BCUT2D eigenvalue weighted by molar-refractivity contribution is -0.113. The van der Waals surface area contributed by atoms with Crippen molar-refractivity contribution in [2.24, 2.45) is 0 Å². The third kappa shape index (κ3) is 3.40. The molecule has 0 fully saturated rings. The van der Waals surface area contributed by atoms with E-state index >= 15 is 0 Å². The largest absolute Gasteiger partial charge is 0.511 e. The number of ketones is 1. The van der Waals surface area contributed by atoms with Crippen molar-refractivity contribution in [1.82, 2.24) is 0 Å². The van der Waals surface area contributed by atoms with Gasteiger partial charge in [-0.15, -0.1) is 0 Å². The molecule has 0 saturated carbocycles. The molecular weight excluding hydrogens is 215 g/mol. The van der Waals surface area contributed by atoms with Crippen LogP contribution < -0.4 is 0 Å². The van der Waals surface area contributed by atoms with Gasteiger partial charge < -0.3 is 5.11 Å². The smallest absolute Gasteiger partial charge is 0.169 e. The van der Waals surface area contributed by atoms with Gasteiger partial charge in [0.1, 0.15) is 11.6 Å². The number of aliphatic hydroxyl groups is 1. The van der Waals surface area contributed by atoms with Crippen LogP contribution in [0.3, 0.4) is 0 Å². The Hall–Kier alpha value is -1.29. The zero-order valence-corrected chi connectivity index (χ0v) is 9.27. The van der Waals surface area contributed by atoms with E-state index in [4.69, 9.17) is 0 Å². The van der Waals surface area contributed by atoms with Crippen LogP contribution in [0.4, 0.5) is 4.39 Å². The van der Waals surface area contributed by atoms with E-state index < -0.39 is 0 Å². The fourth-order valence-corrected chi connectivity index (χ4v) is 1.82. The van der Waals surface area contributed by atoms with Gasteiger partial charge in [0.15, 0.2) is 5.78 Å². The van der Waals surface area contributed by atoms with Gasteiger partial charge >= 0.3 is 0 Å². The molecule has 0 aliphatic heterocycles. The molecule has 0 heterocycles. The summed E-state index contributed by atoms with van der Waals surface area (Å²) in [7, 11) is 0. The Morgan fingerprint density at radius 1 is 1.27 bits per heavy atom. The number of thioether (sulfide) groups is 1. The van der Waals surface area contributed by atoms with Crippen molar-refractivity contribution in [2.75, 3.05) is 0 Å². The Morgan fingerprint density at radius 2 is 1.80 bits per heavy atom. The monoisotopic (exact) mass is 226 g/mol. The maximum Gasteiger partial charge on any atom is 0.169 e. The van der Waals surface area contributed by atoms with Gasteiger partial charge in [-0.2, -0.15) is 0 Å². The van der Waals surface area contributed by atoms with Gasteiger partial charge in [0, 0.05) is 4.90 Å². The molecule has 1 rings (SSSR count). The summed E-state index contributed by atoms with van der Waals surface area (Å²) < 4.78 is 12.6. The van der Waals surface area contributed by atoms with Crippen LogP contribution in [0.5, 0.6) is 0 Å². The topological polar surface area (TPSA) is 37.3 Å². The highest BCUT2D eigenvalue weighted by molar-refractivity contribution is 8.04. The van der Waals surface area contributed by atoms with E-state index in [2.05, 4.69) is 0 Å². The van der Waals surface area contributed by atoms with E-state index in [0.29, 0.717) is 0 Å². The minimum absolute atomic E-state index is 0.0168. The molecule has 2 nitrogen and oxygen atoms in total. The van der Waals surface area contributed by atoms with E-state index in [9.17, 15) is 14.3 Å². The number of benzene rings is 1. The van der Waals surface area contributed by atoms with Crippen LogP contribution >= 0.6 is 11.8 Å². The van der Waals surface area contributed by atoms with Gasteiger partial charge in [0.05, 0.1) is 4.91 Å². The highest BCUT2D eigenvalue weighted by Crippen LogP contribution is 2.28. The zero-order valence-electron chi connectivity index (χ0n) is 8.45. The number of hydrogen-bond acceptors (Lipinski definition) is 3. The molecule has 0 saturated heterocycles. The molecule has 0 bridgehead atoms. The van der Waals surface area contributed by atoms with Crippen molar-refractivity contribution >= 4 is 17.5 Å². The minimum Gasteiger partial charge on any atom is -0.511 e. The third-order valence-corrected chi connectivity index (χ3v) is 2.98. The Labute approximate surface area is 91.8 Å². The number of halogens is 1. The van der Waals surface area contributed by atoms with E-state index in [-0.39, 0.29) is 22.3 Å². The molecule has 0 amide bonds. The van der Waals surface area contributed by atoms with E-state index in [1.54, 1.807) is 12.1 Å². The lowest BCUT2D eigenvalue weighted by atomic mass is 10.3. The number of rotatable bonds is 3. The van der Waals surface area contributed by atoms with Crippen LogP contribution in [0.2, 0.25) is 0 Å². The number of Topliss-reactive ketones (excluding diaryl/α,β-unsaturated/α-hetero) is 1. The van der Waals surface area contributed by atoms with Crippen molar-refractivity contribution in [3.8, 4) is 0 Å². The maximum atomic E-state index is 12.6. The minimum atomic E-state index is -0.326. The molecule has 80 valence electrons. The predicted molar refractivity (Wildman–Crippen MR) is 58.3 cm³/mol. The highest BCUT2D eigenvalue weighted by atomic mass is 32.2. The summed E-state index contributed by atoms with van der Waals surface area (Å²) in [6, 6.07) is 5.75. The molecule has 0 radical (unpaired) electrons. The Morgan fingerprint density at radius 3 is 2.20 bits per heavy atom. The SMILES string of the molecule is CC(=O)C(Sc1ccc(F)cc1)=C(C)O. The standard InChI is InChI=1S/C11H11FO2S/c1-7(13)11(8(2)14)15-10-5-3-9(12)4-6-10/h3-6,13H,1-2H3. The Bertz CT molecular complexity index is 392. The number of hydrogen-bond donors (Lipinski definition) is 1. The molecule has 1 aromatic rings. The highest BCUT2D eigenvalue weighted by Gasteiger charge is 2.09. The zero-order chi connectivity index (χ0) is 11.4. The van der Waals surface area contributed by atoms with E-state index in [1.165, 1.54) is 26.0 Å². The van der Waals surface area contributed by atoms with Gasteiger partial charge in [-0.05, 0) is 38.1 Å². The van der Waals surface area contributed by atoms with Crippen LogP contribution in [0.1, 0.15) is 13.8 Å². The van der Waals surface area contributed by atoms with Crippen molar-refractivity contribution in [2.45, 2.75) is 18.7 Å². The lowest BCUT2D eigenvalue weighted by Crippen LogP contribution is -1.95. The summed E-state index contributed by atoms with van der Waals surface area (Å²) >= 11 is 1.13. The van der Waals surface area contributed by atoms with Crippen LogP contribution in [0.15, 0.2) is 39.8 Å². The summed E-state index contributed by atoms with van der Waals surface area (Å²) in [4.78, 5) is 12.1. The molecule has 0 unspecified atom stereocenters. The predicted octanol–water partition coefficient (Wildman–Crippen LogP) is 3.30. The average Bonchev–Trinajstić information content (AvgIpc) is 2.15. The summed E-state index contributed by atoms with van der Waals surface area (Å²) in [6.45, 7) is 2.83. The van der Waals surface area contributed by atoms with Crippen molar-refractivity contribution in [3.05, 3.63) is 40.7 Å². The molecule has 0 spiro atoms. The molecule has 1 aromatic carbocycles. The molecule has 1 N–H and O–H groups in total. The van der Waals surface area contributed by atoms with E-state index in [1.807, 2.05) is 0 Å². The van der Waals surface area contributed by atoms with Gasteiger partial charge in [-0.25, -0.2) is 4.39 Å². The average molecular weight is 226 g/mol. The van der Waals surface area contributed by atoms with Crippen molar-refractivity contribution < 1.29 is 14.3 Å². The van der Waals surface area contributed by atoms with Gasteiger partial charge in [0.2, 0.25) is 0 Å². The van der Waals surface area contributed by atoms with Gasteiger partial charge in [0.25, 0.3) is 0 Å². The van der Waals surface area contributed by atoms with Crippen molar-refractivity contribution in [1.29, 1.82) is 0 Å². The maximum absolute atomic E-state index is 12.6. The molecule has 0 aromatic heterocycles. The normalized spacial score (nSPS) is 12.2. The molecular formula is C11H11FO2S. The fourth-order valence-electron chi connectivity index (χ4n) is 1.02. The lowest BCUT2D eigenvalue weighted by Gasteiger charge is -2.04. The summed E-state index contributed by atoms with van der Waals surface area (Å²) in [5, 5.41) is 9.26. The summed E-state index contributed by atoms with van der Waals surface area (Å²) in [5.41, 5.74) is 0. The van der Waals surface area contributed by atoms with Gasteiger partial charge in [-0.3, -0.25) is 4.79 Å². The quantitative estimate of drug-likeness (QED) is 0.488. The number of carbonyl (C=O) groups is 1. The van der Waals surface area contributed by atoms with Crippen LogP contribution in [0, 0.1) is 5.82 Å². The Balaban J connectivity index is 2.90.